The second kappa shape index (κ2) is 7.92. The summed E-state index contributed by atoms with van der Waals surface area (Å²) in [6, 6.07) is 27.4. The molecule has 4 rings (SSSR count). The molecule has 0 aliphatic carbocycles. The molecule has 0 amide bonds. The van der Waals surface area contributed by atoms with E-state index in [4.69, 9.17) is 4.74 Å². The van der Waals surface area contributed by atoms with Crippen LogP contribution in [-0.4, -0.2) is 30.1 Å². The van der Waals surface area contributed by atoms with E-state index >= 15 is 0 Å². The number of hydrogen-bond acceptors (Lipinski definition) is 4. The highest BCUT2D eigenvalue weighted by Gasteiger charge is 2.55. The predicted octanol–water partition coefficient (Wildman–Crippen LogP) is 3.72. The van der Waals surface area contributed by atoms with E-state index in [2.05, 4.69) is 4.99 Å². The van der Waals surface area contributed by atoms with Gasteiger partial charge in [0.15, 0.2) is 6.04 Å². The number of rotatable bonds is 5. The lowest BCUT2D eigenvalue weighted by molar-refractivity contribution is -0.144. The standard InChI is InChI=1S/C24H23N2O3P/c1-24(19-12-6-3-7-13-19)22(23(27)29-2)25-18-26(24)30(28,20-14-8-4-9-15-20)21-16-10-5-11-17-21/h3-18,22H,1-2H3/t22-,24-/m0/s1. The van der Waals surface area contributed by atoms with Crippen molar-refractivity contribution in [1.29, 1.82) is 0 Å². The molecule has 1 aliphatic rings. The van der Waals surface area contributed by atoms with Crippen molar-refractivity contribution in [3.63, 3.8) is 0 Å². The summed E-state index contributed by atoms with van der Waals surface area (Å²) in [6.45, 7) is 1.90. The molecule has 0 fully saturated rings. The minimum Gasteiger partial charge on any atom is -0.467 e. The SMILES string of the molecule is COC(=O)[C@@H]1N=CN(P(=O)(c2ccccc2)c2ccccc2)[C@@]1(C)c1ccccc1. The fraction of sp³-hybridized carbons (Fsp3) is 0.167. The van der Waals surface area contributed by atoms with Gasteiger partial charge in [-0.2, -0.15) is 0 Å². The molecule has 30 heavy (non-hydrogen) atoms. The van der Waals surface area contributed by atoms with Crippen LogP contribution < -0.4 is 10.6 Å². The molecule has 6 heteroatoms. The van der Waals surface area contributed by atoms with Crippen molar-refractivity contribution >= 4 is 30.2 Å². The van der Waals surface area contributed by atoms with Crippen LogP contribution >= 0.6 is 7.29 Å². The number of aliphatic imine (C=N–C) groups is 1. The van der Waals surface area contributed by atoms with Crippen LogP contribution in [0.1, 0.15) is 12.5 Å². The van der Waals surface area contributed by atoms with Crippen LogP contribution in [0.2, 0.25) is 0 Å². The Morgan fingerprint density at radius 3 is 1.83 bits per heavy atom. The van der Waals surface area contributed by atoms with Crippen molar-refractivity contribution in [2.24, 2.45) is 4.99 Å². The van der Waals surface area contributed by atoms with Crippen LogP contribution in [0.15, 0.2) is 96.0 Å². The zero-order chi connectivity index (χ0) is 21.2. The molecule has 5 nitrogen and oxygen atoms in total. The third-order valence-corrected chi connectivity index (χ3v) is 8.75. The summed E-state index contributed by atoms with van der Waals surface area (Å²) in [5.74, 6) is -0.465. The summed E-state index contributed by atoms with van der Waals surface area (Å²) < 4.78 is 21.8. The first-order chi connectivity index (χ1) is 14.5. The second-order valence-electron chi connectivity index (χ2n) is 7.30. The number of ether oxygens (including phenoxy) is 1. The number of hydrogen-bond donors (Lipinski definition) is 0. The molecule has 0 saturated carbocycles. The van der Waals surface area contributed by atoms with Gasteiger partial charge in [-0.15, -0.1) is 0 Å². The molecule has 0 unspecified atom stereocenters. The molecule has 3 aromatic carbocycles. The van der Waals surface area contributed by atoms with E-state index in [0.29, 0.717) is 10.6 Å². The van der Waals surface area contributed by atoms with Crippen molar-refractivity contribution in [3.8, 4) is 0 Å². The molecule has 0 bridgehead atoms. The van der Waals surface area contributed by atoms with Crippen molar-refractivity contribution < 1.29 is 14.1 Å². The summed E-state index contributed by atoms with van der Waals surface area (Å²) in [7, 11) is -2.02. The highest BCUT2D eigenvalue weighted by Crippen LogP contribution is 2.56. The Bertz CT molecular complexity index is 1060. The molecule has 3 aromatic rings. The molecule has 0 radical (unpaired) electrons. The summed E-state index contributed by atoms with van der Waals surface area (Å²) in [6.07, 6.45) is 1.55. The summed E-state index contributed by atoms with van der Waals surface area (Å²) in [5.41, 5.74) is -0.153. The Balaban J connectivity index is 1.98. The average Bonchev–Trinajstić information content (AvgIpc) is 3.18. The van der Waals surface area contributed by atoms with Crippen molar-refractivity contribution in [2.45, 2.75) is 18.5 Å². The fourth-order valence-electron chi connectivity index (χ4n) is 4.01. The van der Waals surface area contributed by atoms with E-state index in [1.54, 1.807) is 11.0 Å². The molecule has 1 heterocycles. The molecule has 1 aliphatic heterocycles. The lowest BCUT2D eigenvalue weighted by atomic mass is 9.85. The lowest BCUT2D eigenvalue weighted by Crippen LogP contribution is -2.50. The molecule has 0 saturated heterocycles. The minimum absolute atomic E-state index is 0.465. The van der Waals surface area contributed by atoms with Gasteiger partial charge in [-0.05, 0) is 36.8 Å². The van der Waals surface area contributed by atoms with Crippen LogP contribution in [0, 0.1) is 0 Å². The second-order valence-corrected chi connectivity index (χ2v) is 9.91. The zero-order valence-electron chi connectivity index (χ0n) is 16.9. The quantitative estimate of drug-likeness (QED) is 0.468. The van der Waals surface area contributed by atoms with Crippen LogP contribution in [-0.2, 0) is 19.6 Å². The number of esters is 1. The van der Waals surface area contributed by atoms with Crippen molar-refractivity contribution in [3.05, 3.63) is 96.6 Å². The third kappa shape index (κ3) is 3.06. The summed E-state index contributed by atoms with van der Waals surface area (Å²) in [4.78, 5) is 17.2. The van der Waals surface area contributed by atoms with Gasteiger partial charge in [0.1, 0.15) is 5.54 Å². The molecular formula is C24H23N2O3P. The topological polar surface area (TPSA) is 59.0 Å². The molecule has 2 atom stereocenters. The van der Waals surface area contributed by atoms with Gasteiger partial charge >= 0.3 is 5.97 Å². The molecule has 0 spiro atoms. The fourth-order valence-corrected chi connectivity index (χ4v) is 6.97. The van der Waals surface area contributed by atoms with E-state index in [0.717, 1.165) is 5.56 Å². The Morgan fingerprint density at radius 1 is 0.900 bits per heavy atom. The number of carbonyl (C=O) groups is 1. The highest BCUT2D eigenvalue weighted by atomic mass is 31.2. The maximum atomic E-state index is 14.9. The number of methoxy groups -OCH3 is 1. The van der Waals surface area contributed by atoms with Gasteiger partial charge in [-0.1, -0.05) is 66.7 Å². The van der Waals surface area contributed by atoms with Gasteiger partial charge in [0.25, 0.3) is 0 Å². The number of benzene rings is 3. The van der Waals surface area contributed by atoms with E-state index in [9.17, 15) is 9.36 Å². The molecule has 152 valence electrons. The summed E-state index contributed by atoms with van der Waals surface area (Å²) >= 11 is 0. The van der Waals surface area contributed by atoms with Gasteiger partial charge in [0, 0.05) is 10.6 Å². The lowest BCUT2D eigenvalue weighted by Gasteiger charge is -2.42. The van der Waals surface area contributed by atoms with Crippen LogP contribution in [0.25, 0.3) is 0 Å². The van der Waals surface area contributed by atoms with Crippen LogP contribution in [0.4, 0.5) is 0 Å². The number of carbonyl (C=O) groups excluding carboxylic acids is 1. The van der Waals surface area contributed by atoms with Crippen molar-refractivity contribution in [2.75, 3.05) is 7.11 Å². The maximum absolute atomic E-state index is 14.9. The third-order valence-electron chi connectivity index (χ3n) is 5.63. The Labute approximate surface area is 176 Å². The van der Waals surface area contributed by atoms with Crippen LogP contribution in [0.5, 0.6) is 0 Å². The van der Waals surface area contributed by atoms with Crippen molar-refractivity contribution in [1.82, 2.24) is 4.67 Å². The van der Waals surface area contributed by atoms with E-state index in [1.807, 2.05) is 97.9 Å². The monoisotopic (exact) mass is 418 g/mol. The Kier molecular flexibility index (Phi) is 5.31. The predicted molar refractivity (Wildman–Crippen MR) is 120 cm³/mol. The van der Waals surface area contributed by atoms with Crippen LogP contribution in [0.3, 0.4) is 0 Å². The van der Waals surface area contributed by atoms with Gasteiger partial charge < -0.3 is 4.74 Å². The smallest absolute Gasteiger partial charge is 0.333 e. The zero-order valence-corrected chi connectivity index (χ0v) is 17.8. The van der Waals surface area contributed by atoms with E-state index < -0.39 is 24.8 Å². The molecule has 0 N–H and O–H groups in total. The Morgan fingerprint density at radius 2 is 1.37 bits per heavy atom. The van der Waals surface area contributed by atoms with Gasteiger partial charge in [0.05, 0.1) is 13.4 Å². The molecule has 0 aromatic heterocycles. The summed E-state index contributed by atoms with van der Waals surface area (Å²) in [5, 5.41) is 1.35. The normalized spacial score (nSPS) is 20.9. The average molecular weight is 418 g/mol. The first-order valence-electron chi connectivity index (χ1n) is 9.70. The first-order valence-corrected chi connectivity index (χ1v) is 11.4. The van der Waals surface area contributed by atoms with E-state index in [1.165, 1.54) is 7.11 Å². The van der Waals surface area contributed by atoms with E-state index in [-0.39, 0.29) is 0 Å². The van der Waals surface area contributed by atoms with Gasteiger partial charge in [0.2, 0.25) is 7.29 Å². The minimum atomic E-state index is -3.37. The first kappa shape index (κ1) is 20.1. The number of nitrogens with zero attached hydrogens (tertiary/aromatic N) is 2. The Hall–Kier alpha value is -3.17. The van der Waals surface area contributed by atoms with Gasteiger partial charge in [-0.3, -0.25) is 14.2 Å². The highest BCUT2D eigenvalue weighted by molar-refractivity contribution is 7.77. The largest absolute Gasteiger partial charge is 0.467 e. The van der Waals surface area contributed by atoms with Gasteiger partial charge in [-0.25, -0.2) is 4.79 Å². The molecular weight excluding hydrogens is 395 g/mol. The maximum Gasteiger partial charge on any atom is 0.333 e.